The van der Waals surface area contributed by atoms with E-state index in [2.05, 4.69) is 22.0 Å². The molecular formula is C32H43N5O4. The maximum atomic E-state index is 14.0. The lowest BCUT2D eigenvalue weighted by molar-refractivity contribution is -0.147. The number of hydrogen-bond donors (Lipinski definition) is 3. The molecule has 4 rings (SSSR count). The molecule has 220 valence electrons. The zero-order valence-electron chi connectivity index (χ0n) is 24.6. The van der Waals surface area contributed by atoms with Gasteiger partial charge in [-0.05, 0) is 61.9 Å². The van der Waals surface area contributed by atoms with Crippen LogP contribution in [0.25, 0.3) is 11.1 Å². The first-order valence-corrected chi connectivity index (χ1v) is 14.7. The van der Waals surface area contributed by atoms with Crippen LogP contribution in [0, 0.1) is 5.92 Å². The van der Waals surface area contributed by atoms with Crippen LogP contribution in [0.4, 0.5) is 0 Å². The second-order valence-corrected chi connectivity index (χ2v) is 11.6. The molecule has 2 aromatic carbocycles. The Hall–Kier alpha value is -3.72. The second-order valence-electron chi connectivity index (χ2n) is 11.6. The lowest BCUT2D eigenvalue weighted by atomic mass is 10.0. The zero-order chi connectivity index (χ0) is 29.5. The number of hydrogen-bond acceptors (Lipinski definition) is 5. The minimum Gasteiger partial charge on any atom is -0.350 e. The number of benzene rings is 2. The number of rotatable bonds is 9. The van der Waals surface area contributed by atoms with Crippen LogP contribution in [0.1, 0.15) is 52.0 Å². The van der Waals surface area contributed by atoms with Crippen LogP contribution in [-0.2, 0) is 25.7 Å². The lowest BCUT2D eigenvalue weighted by Gasteiger charge is -2.39. The maximum absolute atomic E-state index is 14.0. The fourth-order valence-electron chi connectivity index (χ4n) is 5.67. The van der Waals surface area contributed by atoms with E-state index in [0.717, 1.165) is 16.7 Å². The molecule has 4 amide bonds. The molecule has 2 saturated heterocycles. The summed E-state index contributed by atoms with van der Waals surface area (Å²) in [4.78, 5) is 56.7. The highest BCUT2D eigenvalue weighted by Gasteiger charge is 2.45. The first-order chi connectivity index (χ1) is 19.7. The van der Waals surface area contributed by atoms with E-state index in [1.165, 1.54) is 0 Å². The van der Waals surface area contributed by atoms with Gasteiger partial charge in [-0.1, -0.05) is 62.4 Å². The molecule has 2 aliphatic heterocycles. The molecule has 3 N–H and O–H groups in total. The molecule has 0 spiro atoms. The topological polar surface area (TPSA) is 111 Å². The summed E-state index contributed by atoms with van der Waals surface area (Å²) in [6, 6.07) is 15.9. The predicted molar refractivity (Wildman–Crippen MR) is 158 cm³/mol. The molecule has 41 heavy (non-hydrogen) atoms. The Labute approximate surface area is 243 Å². The van der Waals surface area contributed by atoms with Crippen LogP contribution in [0.5, 0.6) is 0 Å². The van der Waals surface area contributed by atoms with Crippen LogP contribution in [0.15, 0.2) is 54.6 Å². The van der Waals surface area contributed by atoms with Crippen molar-refractivity contribution in [3.05, 3.63) is 60.2 Å². The Morgan fingerprint density at radius 2 is 1.68 bits per heavy atom. The number of nitrogens with zero attached hydrogens (tertiary/aromatic N) is 2. The molecule has 0 radical (unpaired) electrons. The summed E-state index contributed by atoms with van der Waals surface area (Å²) < 4.78 is 0. The fraction of sp³-hybridized carbons (Fsp3) is 0.500. The van der Waals surface area contributed by atoms with Gasteiger partial charge in [0.25, 0.3) is 0 Å². The molecule has 0 bridgehead atoms. The van der Waals surface area contributed by atoms with E-state index in [1.54, 1.807) is 23.8 Å². The average molecular weight is 562 g/mol. The van der Waals surface area contributed by atoms with Gasteiger partial charge in [-0.3, -0.25) is 19.2 Å². The van der Waals surface area contributed by atoms with Crippen molar-refractivity contribution in [3.63, 3.8) is 0 Å². The van der Waals surface area contributed by atoms with Crippen molar-refractivity contribution in [2.75, 3.05) is 20.1 Å². The minimum absolute atomic E-state index is 0.0211. The lowest BCUT2D eigenvalue weighted by Crippen LogP contribution is -2.62. The first kappa shape index (κ1) is 30.2. The van der Waals surface area contributed by atoms with E-state index >= 15 is 0 Å². The summed E-state index contributed by atoms with van der Waals surface area (Å²) >= 11 is 0. The van der Waals surface area contributed by atoms with E-state index in [9.17, 15) is 19.2 Å². The molecule has 9 nitrogen and oxygen atoms in total. The standard InChI is InChI=1S/C32H43N5O4/c1-21(2)17-29(38)36-16-15-26-13-14-28(37(26)32(41)27(20-36)35-30(39)22(3)33-4)31(40)34-19-23-9-8-12-25(18-23)24-10-6-5-7-11-24/h5-12,18,21-22,26-28,33H,13-17,19-20H2,1-4H3,(H,34,40)(H,35,39)/t22-,26+,27-,28-/m0/s1. The zero-order valence-corrected chi connectivity index (χ0v) is 24.6. The summed E-state index contributed by atoms with van der Waals surface area (Å²) in [5, 5.41) is 8.80. The highest BCUT2D eigenvalue weighted by Crippen LogP contribution is 2.30. The van der Waals surface area contributed by atoms with Gasteiger partial charge in [0.1, 0.15) is 12.1 Å². The Morgan fingerprint density at radius 3 is 2.39 bits per heavy atom. The number of nitrogens with one attached hydrogen (secondary N) is 3. The molecule has 0 aromatic heterocycles. The van der Waals surface area contributed by atoms with Crippen molar-refractivity contribution < 1.29 is 19.2 Å². The third-order valence-electron chi connectivity index (χ3n) is 8.07. The van der Waals surface area contributed by atoms with Crippen molar-refractivity contribution in [3.8, 4) is 11.1 Å². The highest BCUT2D eigenvalue weighted by atomic mass is 16.2. The second kappa shape index (κ2) is 13.8. The summed E-state index contributed by atoms with van der Waals surface area (Å²) in [6.07, 6.45) is 2.20. The van der Waals surface area contributed by atoms with E-state index in [-0.39, 0.29) is 42.1 Å². The fourth-order valence-corrected chi connectivity index (χ4v) is 5.67. The van der Waals surface area contributed by atoms with Gasteiger partial charge in [-0.25, -0.2) is 0 Å². The first-order valence-electron chi connectivity index (χ1n) is 14.7. The van der Waals surface area contributed by atoms with E-state index < -0.39 is 18.1 Å². The van der Waals surface area contributed by atoms with Crippen LogP contribution in [0.2, 0.25) is 0 Å². The molecule has 0 aliphatic carbocycles. The molecule has 2 fully saturated rings. The number of fused-ring (bicyclic) bond motifs is 1. The van der Waals surface area contributed by atoms with Gasteiger partial charge >= 0.3 is 0 Å². The number of carbonyl (C=O) groups excluding carboxylic acids is 4. The normalized spacial score (nSPS) is 21.6. The molecule has 0 saturated carbocycles. The van der Waals surface area contributed by atoms with Crippen molar-refractivity contribution in [2.45, 2.75) is 77.2 Å². The van der Waals surface area contributed by atoms with Crippen molar-refractivity contribution in [1.82, 2.24) is 25.8 Å². The minimum atomic E-state index is -0.923. The van der Waals surface area contributed by atoms with E-state index in [4.69, 9.17) is 0 Å². The predicted octanol–water partition coefficient (Wildman–Crippen LogP) is 2.70. The van der Waals surface area contributed by atoms with Crippen LogP contribution < -0.4 is 16.0 Å². The monoisotopic (exact) mass is 561 g/mol. The molecule has 2 heterocycles. The Balaban J connectivity index is 1.49. The Morgan fingerprint density at radius 1 is 0.951 bits per heavy atom. The van der Waals surface area contributed by atoms with Gasteiger partial charge in [0.2, 0.25) is 23.6 Å². The molecular weight excluding hydrogens is 518 g/mol. The Kier molecular flexibility index (Phi) is 10.2. The summed E-state index contributed by atoms with van der Waals surface area (Å²) in [6.45, 7) is 6.61. The number of amides is 4. The van der Waals surface area contributed by atoms with Crippen molar-refractivity contribution in [1.29, 1.82) is 0 Å². The van der Waals surface area contributed by atoms with Crippen LogP contribution in [0.3, 0.4) is 0 Å². The summed E-state index contributed by atoms with van der Waals surface area (Å²) in [7, 11) is 1.68. The van der Waals surface area contributed by atoms with E-state index in [1.807, 2.05) is 62.4 Å². The van der Waals surface area contributed by atoms with Gasteiger partial charge in [0.05, 0.1) is 6.04 Å². The molecule has 0 unspecified atom stereocenters. The van der Waals surface area contributed by atoms with Crippen molar-refractivity contribution in [2.24, 2.45) is 5.92 Å². The summed E-state index contributed by atoms with van der Waals surface area (Å²) in [5.74, 6) is -0.666. The smallest absolute Gasteiger partial charge is 0.247 e. The van der Waals surface area contributed by atoms with Gasteiger partial charge in [-0.15, -0.1) is 0 Å². The van der Waals surface area contributed by atoms with Crippen LogP contribution in [-0.4, -0.2) is 77.7 Å². The van der Waals surface area contributed by atoms with Crippen LogP contribution >= 0.6 is 0 Å². The molecule has 4 atom stereocenters. The number of likely N-dealkylation sites (N-methyl/N-ethyl adjacent to an activating group) is 1. The third-order valence-corrected chi connectivity index (χ3v) is 8.07. The quantitative estimate of drug-likeness (QED) is 0.436. The SMILES string of the molecule is CN[C@@H](C)C(=O)N[C@H]1CN(C(=O)CC(C)C)CC[C@H]2CC[C@@H](C(=O)NCc3cccc(-c4ccccc4)c3)N2C1=O. The number of carbonyl (C=O) groups is 4. The maximum Gasteiger partial charge on any atom is 0.247 e. The Bertz CT molecular complexity index is 1230. The molecule has 2 aliphatic rings. The van der Waals surface area contributed by atoms with Gasteiger partial charge < -0.3 is 25.8 Å². The molecule has 2 aromatic rings. The average Bonchev–Trinajstić information content (AvgIpc) is 3.39. The molecule has 9 heteroatoms. The van der Waals surface area contributed by atoms with Gasteiger partial charge in [-0.2, -0.15) is 0 Å². The highest BCUT2D eigenvalue weighted by molar-refractivity contribution is 5.94. The van der Waals surface area contributed by atoms with Gasteiger partial charge in [0.15, 0.2) is 0 Å². The summed E-state index contributed by atoms with van der Waals surface area (Å²) in [5.41, 5.74) is 3.15. The largest absolute Gasteiger partial charge is 0.350 e. The van der Waals surface area contributed by atoms with E-state index in [0.29, 0.717) is 38.8 Å². The van der Waals surface area contributed by atoms with Gasteiger partial charge in [0, 0.05) is 32.1 Å². The van der Waals surface area contributed by atoms with Crippen molar-refractivity contribution >= 4 is 23.6 Å². The third kappa shape index (κ3) is 7.52.